The average molecular weight is 217 g/mol. The first-order chi connectivity index (χ1) is 6.69. The van der Waals surface area contributed by atoms with Crippen molar-refractivity contribution in [3.8, 4) is 5.75 Å². The summed E-state index contributed by atoms with van der Waals surface area (Å²) in [6.07, 6.45) is -0.365. The van der Waals surface area contributed by atoms with Crippen LogP contribution in [0.5, 0.6) is 5.75 Å². The third kappa shape index (κ3) is 2.61. The first-order valence-corrected chi connectivity index (χ1v) is 4.69. The standard InChI is InChI=1S/C10H13ClO3/c1-14-10-6-7(2-3-8(10)11)9(13)4-5-12/h2-3,6,9,12-13H,4-5H2,1H3. The second-order valence-corrected chi connectivity index (χ2v) is 3.33. The molecule has 1 unspecified atom stereocenters. The van der Waals surface area contributed by atoms with Gasteiger partial charge in [0.1, 0.15) is 5.75 Å². The van der Waals surface area contributed by atoms with Crippen molar-refractivity contribution in [2.75, 3.05) is 13.7 Å². The summed E-state index contributed by atoms with van der Waals surface area (Å²) in [7, 11) is 1.52. The smallest absolute Gasteiger partial charge is 0.137 e. The molecule has 0 saturated carbocycles. The molecule has 3 nitrogen and oxygen atoms in total. The maximum Gasteiger partial charge on any atom is 0.137 e. The molecular formula is C10H13ClO3. The molecule has 0 amide bonds. The molecule has 0 radical (unpaired) electrons. The third-order valence-corrected chi connectivity index (χ3v) is 2.27. The molecule has 1 aromatic carbocycles. The predicted molar refractivity (Wildman–Crippen MR) is 54.7 cm³/mol. The van der Waals surface area contributed by atoms with Crippen LogP contribution in [0.15, 0.2) is 18.2 Å². The lowest BCUT2D eigenvalue weighted by Gasteiger charge is -2.11. The second kappa shape index (κ2) is 5.20. The molecular weight excluding hydrogens is 204 g/mol. The molecule has 1 rings (SSSR count). The van der Waals surface area contributed by atoms with E-state index < -0.39 is 6.10 Å². The summed E-state index contributed by atoms with van der Waals surface area (Å²) in [4.78, 5) is 0. The lowest BCUT2D eigenvalue weighted by atomic mass is 10.1. The summed E-state index contributed by atoms with van der Waals surface area (Å²) >= 11 is 5.82. The molecule has 0 aromatic heterocycles. The highest BCUT2D eigenvalue weighted by molar-refractivity contribution is 6.32. The first kappa shape index (κ1) is 11.3. The summed E-state index contributed by atoms with van der Waals surface area (Å²) in [5, 5.41) is 18.7. The van der Waals surface area contributed by atoms with E-state index in [1.165, 1.54) is 7.11 Å². The van der Waals surface area contributed by atoms with Gasteiger partial charge in [-0.3, -0.25) is 0 Å². The van der Waals surface area contributed by atoms with Crippen molar-refractivity contribution >= 4 is 11.6 Å². The summed E-state index contributed by atoms with van der Waals surface area (Å²) in [6.45, 7) is -0.0495. The molecule has 1 aromatic rings. The van der Waals surface area contributed by atoms with Crippen molar-refractivity contribution in [3.63, 3.8) is 0 Å². The zero-order valence-electron chi connectivity index (χ0n) is 7.90. The number of hydrogen-bond donors (Lipinski definition) is 2. The van der Waals surface area contributed by atoms with E-state index in [9.17, 15) is 5.11 Å². The highest BCUT2D eigenvalue weighted by Gasteiger charge is 2.09. The highest BCUT2D eigenvalue weighted by Crippen LogP contribution is 2.28. The Labute approximate surface area is 87.9 Å². The molecule has 2 N–H and O–H groups in total. The van der Waals surface area contributed by atoms with E-state index in [4.69, 9.17) is 21.4 Å². The molecule has 0 aliphatic carbocycles. The number of hydrogen-bond acceptors (Lipinski definition) is 3. The Hall–Kier alpha value is -0.770. The van der Waals surface area contributed by atoms with E-state index in [2.05, 4.69) is 0 Å². The Morgan fingerprint density at radius 1 is 1.50 bits per heavy atom. The quantitative estimate of drug-likeness (QED) is 0.807. The van der Waals surface area contributed by atoms with Gasteiger partial charge >= 0.3 is 0 Å². The van der Waals surface area contributed by atoms with Crippen LogP contribution in [0.25, 0.3) is 0 Å². The van der Waals surface area contributed by atoms with Crippen molar-refractivity contribution in [1.82, 2.24) is 0 Å². The van der Waals surface area contributed by atoms with Crippen molar-refractivity contribution in [3.05, 3.63) is 28.8 Å². The Bertz CT molecular complexity index is 301. The Kier molecular flexibility index (Phi) is 4.20. The second-order valence-electron chi connectivity index (χ2n) is 2.92. The molecule has 14 heavy (non-hydrogen) atoms. The van der Waals surface area contributed by atoms with Gasteiger partial charge in [0, 0.05) is 13.0 Å². The number of methoxy groups -OCH3 is 1. The van der Waals surface area contributed by atoms with Gasteiger partial charge in [0.25, 0.3) is 0 Å². The van der Waals surface area contributed by atoms with Gasteiger partial charge in [0.15, 0.2) is 0 Å². The predicted octanol–water partition coefficient (Wildman–Crippen LogP) is 1.76. The topological polar surface area (TPSA) is 49.7 Å². The van der Waals surface area contributed by atoms with Gasteiger partial charge in [0.05, 0.1) is 18.2 Å². The van der Waals surface area contributed by atoms with E-state index in [0.29, 0.717) is 22.8 Å². The minimum Gasteiger partial charge on any atom is -0.495 e. The van der Waals surface area contributed by atoms with Crippen molar-refractivity contribution in [2.24, 2.45) is 0 Å². The largest absolute Gasteiger partial charge is 0.495 e. The fourth-order valence-electron chi connectivity index (χ4n) is 1.17. The van der Waals surface area contributed by atoms with E-state index in [1.807, 2.05) is 0 Å². The van der Waals surface area contributed by atoms with Crippen LogP contribution < -0.4 is 4.74 Å². The van der Waals surface area contributed by atoms with Gasteiger partial charge in [-0.25, -0.2) is 0 Å². The number of rotatable bonds is 4. The van der Waals surface area contributed by atoms with E-state index in [-0.39, 0.29) is 6.61 Å². The summed E-state index contributed by atoms with van der Waals surface area (Å²) in [5.41, 5.74) is 0.695. The summed E-state index contributed by atoms with van der Waals surface area (Å²) in [5.74, 6) is 0.529. The van der Waals surface area contributed by atoms with Gasteiger partial charge in [-0.1, -0.05) is 17.7 Å². The maximum atomic E-state index is 9.57. The number of aliphatic hydroxyl groups excluding tert-OH is 2. The molecule has 0 fully saturated rings. The lowest BCUT2D eigenvalue weighted by Crippen LogP contribution is -2.00. The Balaban J connectivity index is 2.88. The van der Waals surface area contributed by atoms with Crippen LogP contribution in [0.4, 0.5) is 0 Å². The minimum atomic E-state index is -0.675. The molecule has 0 saturated heterocycles. The van der Waals surface area contributed by atoms with E-state index in [1.54, 1.807) is 18.2 Å². The van der Waals surface area contributed by atoms with Gasteiger partial charge in [-0.2, -0.15) is 0 Å². The lowest BCUT2D eigenvalue weighted by molar-refractivity contribution is 0.134. The normalized spacial score (nSPS) is 12.6. The molecule has 0 aliphatic heterocycles. The van der Waals surface area contributed by atoms with Gasteiger partial charge in [0.2, 0.25) is 0 Å². The fourth-order valence-corrected chi connectivity index (χ4v) is 1.37. The number of aliphatic hydroxyl groups is 2. The van der Waals surface area contributed by atoms with Crippen LogP contribution in [-0.2, 0) is 0 Å². The fraction of sp³-hybridized carbons (Fsp3) is 0.400. The zero-order valence-corrected chi connectivity index (χ0v) is 8.66. The highest BCUT2D eigenvalue weighted by atomic mass is 35.5. The van der Waals surface area contributed by atoms with Crippen molar-refractivity contribution in [2.45, 2.75) is 12.5 Å². The van der Waals surface area contributed by atoms with Gasteiger partial charge in [-0.15, -0.1) is 0 Å². The molecule has 1 atom stereocenters. The minimum absolute atomic E-state index is 0.0495. The number of benzene rings is 1. The van der Waals surface area contributed by atoms with E-state index in [0.717, 1.165) is 0 Å². The van der Waals surface area contributed by atoms with E-state index >= 15 is 0 Å². The van der Waals surface area contributed by atoms with Gasteiger partial charge < -0.3 is 14.9 Å². The Morgan fingerprint density at radius 2 is 2.21 bits per heavy atom. The average Bonchev–Trinajstić information content (AvgIpc) is 2.19. The zero-order chi connectivity index (χ0) is 10.6. The van der Waals surface area contributed by atoms with Crippen LogP contribution in [0.3, 0.4) is 0 Å². The monoisotopic (exact) mass is 216 g/mol. The van der Waals surface area contributed by atoms with Crippen LogP contribution in [0.2, 0.25) is 5.02 Å². The molecule has 0 heterocycles. The number of ether oxygens (including phenoxy) is 1. The Morgan fingerprint density at radius 3 is 2.79 bits per heavy atom. The molecule has 0 spiro atoms. The van der Waals surface area contributed by atoms with Crippen LogP contribution in [0, 0.1) is 0 Å². The summed E-state index contributed by atoms with van der Waals surface area (Å²) in [6, 6.07) is 5.05. The summed E-state index contributed by atoms with van der Waals surface area (Å²) < 4.78 is 5.01. The van der Waals surface area contributed by atoms with Crippen molar-refractivity contribution in [1.29, 1.82) is 0 Å². The molecule has 0 aliphatic rings. The van der Waals surface area contributed by atoms with Crippen LogP contribution >= 0.6 is 11.6 Å². The van der Waals surface area contributed by atoms with Crippen LogP contribution in [0.1, 0.15) is 18.1 Å². The molecule has 0 bridgehead atoms. The SMILES string of the molecule is COc1cc(C(O)CCO)ccc1Cl. The maximum absolute atomic E-state index is 9.57. The third-order valence-electron chi connectivity index (χ3n) is 1.96. The van der Waals surface area contributed by atoms with Crippen molar-refractivity contribution < 1.29 is 14.9 Å². The molecule has 4 heteroatoms. The number of halogens is 1. The van der Waals surface area contributed by atoms with Gasteiger partial charge in [-0.05, 0) is 17.7 Å². The molecule has 78 valence electrons. The van der Waals surface area contributed by atoms with Crippen LogP contribution in [-0.4, -0.2) is 23.9 Å². The first-order valence-electron chi connectivity index (χ1n) is 4.31.